The Balaban J connectivity index is 2.00. The van der Waals surface area contributed by atoms with Crippen molar-refractivity contribution in [2.45, 2.75) is 27.3 Å². The molecule has 2 aromatic rings. The summed E-state index contributed by atoms with van der Waals surface area (Å²) in [5, 5.41) is 5.59. The molecule has 0 aliphatic carbocycles. The maximum absolute atomic E-state index is 12.6. The van der Waals surface area contributed by atoms with Crippen molar-refractivity contribution in [3.8, 4) is 11.5 Å². The molecule has 0 fully saturated rings. The molecular formula is C21H26N2O4. The van der Waals surface area contributed by atoms with Crippen molar-refractivity contribution in [3.05, 3.63) is 53.6 Å². The lowest BCUT2D eigenvalue weighted by molar-refractivity contribution is -0.138. The van der Waals surface area contributed by atoms with Crippen LogP contribution in [-0.2, 0) is 16.1 Å². The molecule has 0 unspecified atom stereocenters. The van der Waals surface area contributed by atoms with E-state index in [1.807, 2.05) is 37.3 Å². The molecule has 2 rings (SSSR count). The zero-order valence-electron chi connectivity index (χ0n) is 16.4. The Labute approximate surface area is 159 Å². The van der Waals surface area contributed by atoms with Crippen molar-refractivity contribution < 1.29 is 19.1 Å². The molecule has 0 saturated carbocycles. The third-order valence-electron chi connectivity index (χ3n) is 4.35. The molecule has 0 saturated heterocycles. The largest absolute Gasteiger partial charge is 0.493 e. The highest BCUT2D eigenvalue weighted by atomic mass is 16.5. The van der Waals surface area contributed by atoms with Gasteiger partial charge >= 0.3 is 0 Å². The topological polar surface area (TPSA) is 76.7 Å². The van der Waals surface area contributed by atoms with E-state index in [1.54, 1.807) is 40.2 Å². The Kier molecular flexibility index (Phi) is 6.45. The van der Waals surface area contributed by atoms with Gasteiger partial charge in [0.2, 0.25) is 11.8 Å². The van der Waals surface area contributed by atoms with Crippen LogP contribution in [0.4, 0.5) is 5.69 Å². The lowest BCUT2D eigenvalue weighted by Crippen LogP contribution is -2.44. The van der Waals surface area contributed by atoms with Crippen molar-refractivity contribution in [2.24, 2.45) is 5.41 Å². The summed E-state index contributed by atoms with van der Waals surface area (Å²) in [7, 11) is 3.12. The molecule has 2 amide bonds. The minimum Gasteiger partial charge on any atom is -0.493 e. The lowest BCUT2D eigenvalue weighted by Gasteiger charge is -2.23. The van der Waals surface area contributed by atoms with Gasteiger partial charge in [-0.15, -0.1) is 0 Å². The van der Waals surface area contributed by atoms with Gasteiger partial charge in [0, 0.05) is 12.2 Å². The minimum absolute atomic E-state index is 0.278. The van der Waals surface area contributed by atoms with E-state index < -0.39 is 5.41 Å². The summed E-state index contributed by atoms with van der Waals surface area (Å²) >= 11 is 0. The Morgan fingerprint density at radius 2 is 1.56 bits per heavy atom. The van der Waals surface area contributed by atoms with Crippen molar-refractivity contribution >= 4 is 17.5 Å². The fourth-order valence-corrected chi connectivity index (χ4v) is 2.42. The van der Waals surface area contributed by atoms with Crippen LogP contribution >= 0.6 is 0 Å². The van der Waals surface area contributed by atoms with E-state index in [2.05, 4.69) is 10.6 Å². The summed E-state index contributed by atoms with van der Waals surface area (Å²) in [4.78, 5) is 25.1. The number of methoxy groups -OCH3 is 2. The van der Waals surface area contributed by atoms with E-state index in [1.165, 1.54) is 0 Å². The minimum atomic E-state index is -1.22. The summed E-state index contributed by atoms with van der Waals surface area (Å²) in [6.45, 7) is 5.44. The van der Waals surface area contributed by atoms with Crippen LogP contribution in [0.1, 0.15) is 25.0 Å². The zero-order valence-corrected chi connectivity index (χ0v) is 16.4. The normalized spacial score (nSPS) is 10.9. The van der Waals surface area contributed by atoms with Gasteiger partial charge in [-0.25, -0.2) is 0 Å². The van der Waals surface area contributed by atoms with Gasteiger partial charge in [0.05, 0.1) is 14.2 Å². The van der Waals surface area contributed by atoms with Crippen LogP contribution in [0.5, 0.6) is 11.5 Å². The zero-order chi connectivity index (χ0) is 20.0. The molecule has 0 spiro atoms. The second kappa shape index (κ2) is 8.58. The van der Waals surface area contributed by atoms with Crippen LogP contribution in [0.3, 0.4) is 0 Å². The Hall–Kier alpha value is -3.02. The number of nitrogens with one attached hydrogen (secondary N) is 2. The van der Waals surface area contributed by atoms with Crippen molar-refractivity contribution in [2.75, 3.05) is 19.5 Å². The molecule has 2 N–H and O–H groups in total. The number of benzene rings is 2. The molecule has 6 nitrogen and oxygen atoms in total. The smallest absolute Gasteiger partial charge is 0.239 e. The first kappa shape index (κ1) is 20.3. The number of rotatable bonds is 7. The third kappa shape index (κ3) is 5.00. The summed E-state index contributed by atoms with van der Waals surface area (Å²) in [5.41, 5.74) is 1.38. The third-order valence-corrected chi connectivity index (χ3v) is 4.35. The lowest BCUT2D eigenvalue weighted by atomic mass is 9.90. The van der Waals surface area contributed by atoms with Gasteiger partial charge in [0.1, 0.15) is 5.41 Å². The summed E-state index contributed by atoms with van der Waals surface area (Å²) in [6.07, 6.45) is 0. The number of anilines is 1. The van der Waals surface area contributed by atoms with Gasteiger partial charge < -0.3 is 20.1 Å². The van der Waals surface area contributed by atoms with E-state index >= 15 is 0 Å². The molecule has 0 aliphatic rings. The van der Waals surface area contributed by atoms with Gasteiger partial charge in [-0.1, -0.05) is 23.8 Å². The molecule has 0 heterocycles. The van der Waals surface area contributed by atoms with Crippen LogP contribution in [0.15, 0.2) is 42.5 Å². The van der Waals surface area contributed by atoms with Gasteiger partial charge in [0.25, 0.3) is 0 Å². The Morgan fingerprint density at radius 1 is 0.926 bits per heavy atom. The summed E-state index contributed by atoms with van der Waals surface area (Å²) in [6, 6.07) is 12.8. The van der Waals surface area contributed by atoms with Crippen LogP contribution in [-0.4, -0.2) is 26.0 Å². The number of hydrogen-bond donors (Lipinski definition) is 2. The molecule has 27 heavy (non-hydrogen) atoms. The number of carbonyl (C=O) groups excluding carboxylic acids is 2. The summed E-state index contributed by atoms with van der Waals surface area (Å²) < 4.78 is 10.5. The Morgan fingerprint density at radius 3 is 2.15 bits per heavy atom. The number of aryl methyl sites for hydroxylation is 1. The van der Waals surface area contributed by atoms with Gasteiger partial charge in [-0.3, -0.25) is 9.59 Å². The average molecular weight is 370 g/mol. The van der Waals surface area contributed by atoms with Crippen LogP contribution in [0.25, 0.3) is 0 Å². The predicted molar refractivity (Wildman–Crippen MR) is 105 cm³/mol. The summed E-state index contributed by atoms with van der Waals surface area (Å²) in [5.74, 6) is 0.476. The number of carbonyl (C=O) groups is 2. The Bertz CT molecular complexity index is 813. The average Bonchev–Trinajstić information content (AvgIpc) is 2.67. The van der Waals surface area contributed by atoms with E-state index in [9.17, 15) is 9.59 Å². The van der Waals surface area contributed by atoms with Gasteiger partial charge in [-0.2, -0.15) is 0 Å². The molecule has 0 radical (unpaired) electrons. The van der Waals surface area contributed by atoms with E-state index in [-0.39, 0.29) is 18.4 Å². The molecule has 0 aromatic heterocycles. The van der Waals surface area contributed by atoms with Crippen molar-refractivity contribution in [1.29, 1.82) is 0 Å². The number of ether oxygens (including phenoxy) is 2. The van der Waals surface area contributed by atoms with Gasteiger partial charge in [0.15, 0.2) is 11.5 Å². The first-order chi connectivity index (χ1) is 12.8. The fraction of sp³-hybridized carbons (Fsp3) is 0.333. The monoisotopic (exact) mass is 370 g/mol. The molecule has 0 bridgehead atoms. The number of amides is 2. The van der Waals surface area contributed by atoms with Crippen LogP contribution < -0.4 is 20.1 Å². The first-order valence-corrected chi connectivity index (χ1v) is 8.65. The second-order valence-electron chi connectivity index (χ2n) is 6.82. The maximum Gasteiger partial charge on any atom is 0.239 e. The highest BCUT2D eigenvalue weighted by molar-refractivity contribution is 6.09. The SMILES string of the molecule is COc1ccc(CNC(=O)C(C)(C)C(=O)Nc2ccc(C)cc2)cc1OC. The molecule has 144 valence electrons. The predicted octanol–water partition coefficient (Wildman–Crippen LogP) is 3.29. The first-order valence-electron chi connectivity index (χ1n) is 8.65. The maximum atomic E-state index is 12.6. The van der Waals surface area contributed by atoms with E-state index in [0.29, 0.717) is 17.2 Å². The molecule has 0 atom stereocenters. The highest BCUT2D eigenvalue weighted by Crippen LogP contribution is 2.27. The number of hydrogen-bond acceptors (Lipinski definition) is 4. The molecule has 2 aromatic carbocycles. The quantitative estimate of drug-likeness (QED) is 0.733. The van der Waals surface area contributed by atoms with Crippen LogP contribution in [0, 0.1) is 12.3 Å². The fourth-order valence-electron chi connectivity index (χ4n) is 2.42. The van der Waals surface area contributed by atoms with E-state index in [4.69, 9.17) is 9.47 Å². The molecular weight excluding hydrogens is 344 g/mol. The highest BCUT2D eigenvalue weighted by Gasteiger charge is 2.35. The van der Waals surface area contributed by atoms with Gasteiger partial charge in [-0.05, 0) is 50.6 Å². The standard InChI is InChI=1S/C21H26N2O4/c1-14-6-9-16(10-7-14)23-20(25)21(2,3)19(24)22-13-15-8-11-17(26-4)18(12-15)27-5/h6-12H,13H2,1-5H3,(H,22,24)(H,23,25). The molecule has 0 aliphatic heterocycles. The molecule has 6 heteroatoms. The van der Waals surface area contributed by atoms with E-state index in [0.717, 1.165) is 11.1 Å². The van der Waals surface area contributed by atoms with Crippen LogP contribution in [0.2, 0.25) is 0 Å². The van der Waals surface area contributed by atoms with Crippen molar-refractivity contribution in [1.82, 2.24) is 5.32 Å². The second-order valence-corrected chi connectivity index (χ2v) is 6.82. The van der Waals surface area contributed by atoms with Crippen molar-refractivity contribution in [3.63, 3.8) is 0 Å².